The van der Waals surface area contributed by atoms with Crippen molar-refractivity contribution in [3.63, 3.8) is 0 Å². The highest BCUT2D eigenvalue weighted by Crippen LogP contribution is 2.17. The van der Waals surface area contributed by atoms with Crippen LogP contribution in [0.1, 0.15) is 12.0 Å². The molecule has 2 heterocycles. The average molecular weight is 346 g/mol. The standard InChI is InChI=1S/C17H20BrN3/c18-16-8-4-9-17(19-16)21-11-5-10-20(12-13-21)14-15-6-2-1-3-7-15/h1-4,6-9H,5,10-14H2. The van der Waals surface area contributed by atoms with Gasteiger partial charge in [0.2, 0.25) is 0 Å². The molecule has 0 unspecified atom stereocenters. The minimum atomic E-state index is 0.908. The van der Waals surface area contributed by atoms with E-state index in [-0.39, 0.29) is 0 Å². The highest BCUT2D eigenvalue weighted by molar-refractivity contribution is 9.10. The molecule has 0 bridgehead atoms. The number of halogens is 1. The number of nitrogens with zero attached hydrogens (tertiary/aromatic N) is 3. The van der Waals surface area contributed by atoms with Gasteiger partial charge in [-0.05, 0) is 40.0 Å². The van der Waals surface area contributed by atoms with Crippen molar-refractivity contribution in [3.05, 3.63) is 58.7 Å². The van der Waals surface area contributed by atoms with Crippen molar-refractivity contribution in [2.75, 3.05) is 31.1 Å². The average Bonchev–Trinajstić information content (AvgIpc) is 2.74. The van der Waals surface area contributed by atoms with Gasteiger partial charge in [0.15, 0.2) is 0 Å². The minimum Gasteiger partial charge on any atom is -0.355 e. The third kappa shape index (κ3) is 4.05. The predicted molar refractivity (Wildman–Crippen MR) is 90.5 cm³/mol. The quantitative estimate of drug-likeness (QED) is 0.793. The molecule has 0 N–H and O–H groups in total. The second-order valence-electron chi connectivity index (χ2n) is 5.42. The van der Waals surface area contributed by atoms with Crippen LogP contribution in [0.3, 0.4) is 0 Å². The zero-order chi connectivity index (χ0) is 14.5. The molecule has 1 aromatic heterocycles. The normalized spacial score (nSPS) is 16.7. The molecular weight excluding hydrogens is 326 g/mol. The van der Waals surface area contributed by atoms with E-state index in [0.29, 0.717) is 0 Å². The zero-order valence-electron chi connectivity index (χ0n) is 12.1. The van der Waals surface area contributed by atoms with Crippen molar-refractivity contribution >= 4 is 21.7 Å². The molecule has 21 heavy (non-hydrogen) atoms. The smallest absolute Gasteiger partial charge is 0.129 e. The van der Waals surface area contributed by atoms with Gasteiger partial charge in [-0.2, -0.15) is 0 Å². The molecule has 0 spiro atoms. The van der Waals surface area contributed by atoms with E-state index in [4.69, 9.17) is 0 Å². The van der Waals surface area contributed by atoms with Gasteiger partial charge in [-0.15, -0.1) is 0 Å². The first kappa shape index (κ1) is 14.5. The van der Waals surface area contributed by atoms with E-state index in [9.17, 15) is 0 Å². The maximum atomic E-state index is 4.57. The Labute approximate surface area is 134 Å². The molecule has 0 amide bonds. The summed E-state index contributed by atoms with van der Waals surface area (Å²) in [7, 11) is 0. The first-order valence-electron chi connectivity index (χ1n) is 7.45. The number of hydrogen-bond donors (Lipinski definition) is 0. The van der Waals surface area contributed by atoms with E-state index in [0.717, 1.165) is 43.1 Å². The lowest BCUT2D eigenvalue weighted by Crippen LogP contribution is -2.30. The fourth-order valence-electron chi connectivity index (χ4n) is 2.77. The Balaban J connectivity index is 1.62. The molecule has 0 saturated carbocycles. The van der Waals surface area contributed by atoms with Gasteiger partial charge in [0, 0.05) is 32.7 Å². The van der Waals surface area contributed by atoms with Crippen molar-refractivity contribution in [2.24, 2.45) is 0 Å². The largest absolute Gasteiger partial charge is 0.355 e. The van der Waals surface area contributed by atoms with Gasteiger partial charge in [-0.1, -0.05) is 36.4 Å². The summed E-state index contributed by atoms with van der Waals surface area (Å²) < 4.78 is 0.908. The van der Waals surface area contributed by atoms with Crippen LogP contribution in [-0.2, 0) is 6.54 Å². The fourth-order valence-corrected chi connectivity index (χ4v) is 3.11. The van der Waals surface area contributed by atoms with Crippen LogP contribution >= 0.6 is 15.9 Å². The number of rotatable bonds is 3. The lowest BCUT2D eigenvalue weighted by Gasteiger charge is -2.23. The Morgan fingerprint density at radius 2 is 1.76 bits per heavy atom. The van der Waals surface area contributed by atoms with Crippen molar-refractivity contribution in [3.8, 4) is 0 Å². The lowest BCUT2D eigenvalue weighted by molar-refractivity contribution is 0.285. The van der Waals surface area contributed by atoms with Gasteiger partial charge in [-0.3, -0.25) is 4.90 Å². The topological polar surface area (TPSA) is 19.4 Å². The molecule has 1 aliphatic rings. The number of aromatic nitrogens is 1. The Morgan fingerprint density at radius 3 is 2.57 bits per heavy atom. The van der Waals surface area contributed by atoms with Crippen LogP contribution in [0.4, 0.5) is 5.82 Å². The van der Waals surface area contributed by atoms with Gasteiger partial charge < -0.3 is 4.90 Å². The Kier molecular flexibility index (Phi) is 4.88. The van der Waals surface area contributed by atoms with Gasteiger partial charge in [-0.25, -0.2) is 4.98 Å². The second kappa shape index (κ2) is 7.05. The number of pyridine rings is 1. The molecule has 1 aromatic carbocycles. The summed E-state index contributed by atoms with van der Waals surface area (Å²) in [5, 5.41) is 0. The molecule has 3 rings (SSSR count). The fraction of sp³-hybridized carbons (Fsp3) is 0.353. The highest BCUT2D eigenvalue weighted by atomic mass is 79.9. The van der Waals surface area contributed by atoms with Gasteiger partial charge in [0.05, 0.1) is 0 Å². The van der Waals surface area contributed by atoms with Crippen molar-refractivity contribution in [1.82, 2.24) is 9.88 Å². The molecule has 1 aliphatic heterocycles. The van der Waals surface area contributed by atoms with E-state index in [1.165, 1.54) is 12.0 Å². The zero-order valence-corrected chi connectivity index (χ0v) is 13.7. The Bertz CT molecular complexity index is 573. The number of hydrogen-bond acceptors (Lipinski definition) is 3. The molecular formula is C17H20BrN3. The first-order chi connectivity index (χ1) is 10.3. The molecule has 1 fully saturated rings. The Morgan fingerprint density at radius 1 is 0.905 bits per heavy atom. The summed E-state index contributed by atoms with van der Waals surface area (Å²) in [5.41, 5.74) is 1.39. The molecule has 1 saturated heterocycles. The summed E-state index contributed by atoms with van der Waals surface area (Å²) in [6.07, 6.45) is 1.18. The number of benzene rings is 1. The van der Waals surface area contributed by atoms with Crippen LogP contribution in [0.25, 0.3) is 0 Å². The van der Waals surface area contributed by atoms with E-state index in [1.54, 1.807) is 0 Å². The van der Waals surface area contributed by atoms with Gasteiger partial charge in [0.25, 0.3) is 0 Å². The van der Waals surface area contributed by atoms with Crippen LogP contribution in [0.5, 0.6) is 0 Å². The van der Waals surface area contributed by atoms with E-state index < -0.39 is 0 Å². The van der Waals surface area contributed by atoms with Crippen LogP contribution in [0, 0.1) is 0 Å². The molecule has 4 heteroatoms. The van der Waals surface area contributed by atoms with Crippen molar-refractivity contribution in [1.29, 1.82) is 0 Å². The second-order valence-corrected chi connectivity index (χ2v) is 6.23. The van der Waals surface area contributed by atoms with E-state index in [2.05, 4.69) is 73.2 Å². The van der Waals surface area contributed by atoms with Crippen LogP contribution in [0.15, 0.2) is 53.1 Å². The van der Waals surface area contributed by atoms with E-state index in [1.807, 2.05) is 6.07 Å². The molecule has 0 atom stereocenters. The first-order valence-corrected chi connectivity index (χ1v) is 8.24. The SMILES string of the molecule is Brc1cccc(N2CCCN(Cc3ccccc3)CC2)n1. The minimum absolute atomic E-state index is 0.908. The molecule has 3 nitrogen and oxygen atoms in total. The maximum Gasteiger partial charge on any atom is 0.129 e. The third-order valence-electron chi connectivity index (χ3n) is 3.86. The summed E-state index contributed by atoms with van der Waals surface area (Å²) in [6.45, 7) is 5.40. The van der Waals surface area contributed by atoms with E-state index >= 15 is 0 Å². The monoisotopic (exact) mass is 345 g/mol. The van der Waals surface area contributed by atoms with Crippen LogP contribution < -0.4 is 4.90 Å². The third-order valence-corrected chi connectivity index (χ3v) is 4.30. The van der Waals surface area contributed by atoms with Gasteiger partial charge >= 0.3 is 0 Å². The van der Waals surface area contributed by atoms with Crippen LogP contribution in [-0.4, -0.2) is 36.1 Å². The highest BCUT2D eigenvalue weighted by Gasteiger charge is 2.16. The Hall–Kier alpha value is -1.39. The van der Waals surface area contributed by atoms with Crippen LogP contribution in [0.2, 0.25) is 0 Å². The number of anilines is 1. The maximum absolute atomic E-state index is 4.57. The summed E-state index contributed by atoms with van der Waals surface area (Å²) in [4.78, 5) is 9.49. The molecule has 0 aliphatic carbocycles. The lowest BCUT2D eigenvalue weighted by atomic mass is 10.2. The van der Waals surface area contributed by atoms with Gasteiger partial charge in [0.1, 0.15) is 10.4 Å². The van der Waals surface area contributed by atoms with Crippen molar-refractivity contribution < 1.29 is 0 Å². The summed E-state index contributed by atoms with van der Waals surface area (Å²) in [6, 6.07) is 16.8. The summed E-state index contributed by atoms with van der Waals surface area (Å²) in [5.74, 6) is 1.07. The predicted octanol–water partition coefficient (Wildman–Crippen LogP) is 3.56. The summed E-state index contributed by atoms with van der Waals surface area (Å²) >= 11 is 3.46. The molecule has 110 valence electrons. The molecule has 0 radical (unpaired) electrons. The molecule has 2 aromatic rings. The van der Waals surface area contributed by atoms with Crippen molar-refractivity contribution in [2.45, 2.75) is 13.0 Å².